The summed E-state index contributed by atoms with van der Waals surface area (Å²) in [5.41, 5.74) is -0.438. The first-order valence-electron chi connectivity index (χ1n) is 5.33. The summed E-state index contributed by atoms with van der Waals surface area (Å²) in [6.07, 6.45) is 1.28. The third kappa shape index (κ3) is 2.47. The first kappa shape index (κ1) is 11.5. The maximum Gasteiger partial charge on any atom is 0.242 e. The highest BCUT2D eigenvalue weighted by Gasteiger charge is 2.36. The second kappa shape index (κ2) is 3.89. The summed E-state index contributed by atoms with van der Waals surface area (Å²) >= 11 is 0. The molecule has 1 fully saturated rings. The summed E-state index contributed by atoms with van der Waals surface area (Å²) in [5, 5.41) is 3.04. The number of rotatable bonds is 4. The van der Waals surface area contributed by atoms with Crippen molar-refractivity contribution in [3.8, 4) is 0 Å². The van der Waals surface area contributed by atoms with Crippen molar-refractivity contribution >= 4 is 5.91 Å². The van der Waals surface area contributed by atoms with Crippen LogP contribution in [0.5, 0.6) is 0 Å². The number of likely N-dealkylation sites (N-methyl/N-ethyl adjacent to an activating group) is 2. The smallest absolute Gasteiger partial charge is 0.242 e. The van der Waals surface area contributed by atoms with Crippen LogP contribution in [0.2, 0.25) is 0 Å². The SMILES string of the molecule is CNC(C)(C)C(=O)N(C)CC1CC1C. The van der Waals surface area contributed by atoms with Crippen molar-refractivity contribution in [3.63, 3.8) is 0 Å². The Morgan fingerprint density at radius 3 is 2.43 bits per heavy atom. The second-order valence-corrected chi connectivity index (χ2v) is 5.03. The van der Waals surface area contributed by atoms with E-state index in [9.17, 15) is 4.79 Å². The van der Waals surface area contributed by atoms with Crippen LogP contribution in [-0.4, -0.2) is 37.0 Å². The molecule has 1 saturated carbocycles. The number of hydrogen-bond acceptors (Lipinski definition) is 2. The first-order valence-corrected chi connectivity index (χ1v) is 5.33. The topological polar surface area (TPSA) is 32.3 Å². The Balaban J connectivity index is 2.43. The minimum Gasteiger partial charge on any atom is -0.344 e. The molecule has 0 aliphatic heterocycles. The van der Waals surface area contributed by atoms with E-state index < -0.39 is 5.54 Å². The highest BCUT2D eigenvalue weighted by atomic mass is 16.2. The molecule has 1 N–H and O–H groups in total. The summed E-state index contributed by atoms with van der Waals surface area (Å²) in [4.78, 5) is 13.8. The second-order valence-electron chi connectivity index (χ2n) is 5.03. The predicted molar refractivity (Wildman–Crippen MR) is 58.0 cm³/mol. The molecule has 3 nitrogen and oxygen atoms in total. The molecule has 1 amide bonds. The molecule has 0 heterocycles. The quantitative estimate of drug-likeness (QED) is 0.733. The van der Waals surface area contributed by atoms with Crippen molar-refractivity contribution in [1.82, 2.24) is 10.2 Å². The number of nitrogens with one attached hydrogen (secondary N) is 1. The van der Waals surface area contributed by atoms with E-state index in [1.807, 2.05) is 32.8 Å². The Hall–Kier alpha value is -0.570. The van der Waals surface area contributed by atoms with Gasteiger partial charge in [0.15, 0.2) is 0 Å². The molecule has 0 spiro atoms. The molecule has 1 rings (SSSR count). The molecule has 3 heteroatoms. The fraction of sp³-hybridized carbons (Fsp3) is 0.909. The third-order valence-electron chi connectivity index (χ3n) is 3.29. The van der Waals surface area contributed by atoms with Crippen molar-refractivity contribution in [2.75, 3.05) is 20.6 Å². The van der Waals surface area contributed by atoms with Crippen LogP contribution < -0.4 is 5.32 Å². The van der Waals surface area contributed by atoms with E-state index >= 15 is 0 Å². The maximum atomic E-state index is 11.9. The average Bonchev–Trinajstić information content (AvgIpc) is 2.80. The minimum atomic E-state index is -0.438. The van der Waals surface area contributed by atoms with Gasteiger partial charge in [-0.25, -0.2) is 0 Å². The number of carbonyl (C=O) groups excluding carboxylic acids is 1. The standard InChI is InChI=1S/C11H22N2O/c1-8-6-9(8)7-13(5)10(14)11(2,3)12-4/h8-9,12H,6-7H2,1-5H3. The van der Waals surface area contributed by atoms with Gasteiger partial charge in [0.25, 0.3) is 0 Å². The molecule has 0 aromatic rings. The Bertz CT molecular complexity index is 225. The Morgan fingerprint density at radius 1 is 1.57 bits per heavy atom. The van der Waals surface area contributed by atoms with Crippen molar-refractivity contribution in [1.29, 1.82) is 0 Å². The fourth-order valence-corrected chi connectivity index (χ4v) is 1.67. The lowest BCUT2D eigenvalue weighted by Gasteiger charge is -2.29. The molecule has 0 aromatic heterocycles. The summed E-state index contributed by atoms with van der Waals surface area (Å²) < 4.78 is 0. The number of hydrogen-bond donors (Lipinski definition) is 1. The highest BCUT2D eigenvalue weighted by Crippen LogP contribution is 2.38. The van der Waals surface area contributed by atoms with Crippen LogP contribution >= 0.6 is 0 Å². The van der Waals surface area contributed by atoms with Crippen LogP contribution in [0.15, 0.2) is 0 Å². The number of nitrogens with zero attached hydrogens (tertiary/aromatic N) is 1. The van der Waals surface area contributed by atoms with Crippen LogP contribution in [0.25, 0.3) is 0 Å². The van der Waals surface area contributed by atoms with Crippen LogP contribution in [0.4, 0.5) is 0 Å². The van der Waals surface area contributed by atoms with Crippen LogP contribution in [0, 0.1) is 11.8 Å². The maximum absolute atomic E-state index is 11.9. The van der Waals surface area contributed by atoms with E-state index in [2.05, 4.69) is 12.2 Å². The molecule has 0 bridgehead atoms. The van der Waals surface area contributed by atoms with E-state index in [4.69, 9.17) is 0 Å². The third-order valence-corrected chi connectivity index (χ3v) is 3.29. The van der Waals surface area contributed by atoms with Gasteiger partial charge in [0, 0.05) is 13.6 Å². The minimum absolute atomic E-state index is 0.180. The van der Waals surface area contributed by atoms with Gasteiger partial charge in [0.2, 0.25) is 5.91 Å². The van der Waals surface area contributed by atoms with Crippen LogP contribution in [-0.2, 0) is 4.79 Å². The van der Waals surface area contributed by atoms with Crippen molar-refractivity contribution in [2.45, 2.75) is 32.7 Å². The summed E-state index contributed by atoms with van der Waals surface area (Å²) in [6, 6.07) is 0. The van der Waals surface area contributed by atoms with Crippen molar-refractivity contribution in [2.24, 2.45) is 11.8 Å². The first-order chi connectivity index (χ1) is 6.38. The predicted octanol–water partition coefficient (Wildman–Crippen LogP) is 1.10. The monoisotopic (exact) mass is 198 g/mol. The number of amides is 1. The molecule has 0 saturated heterocycles. The normalized spacial score (nSPS) is 26.1. The number of carbonyl (C=O) groups is 1. The Labute approximate surface area is 86.9 Å². The zero-order valence-corrected chi connectivity index (χ0v) is 9.92. The van der Waals surface area contributed by atoms with Gasteiger partial charge in [-0.15, -0.1) is 0 Å². The Kier molecular flexibility index (Phi) is 3.20. The zero-order valence-electron chi connectivity index (χ0n) is 9.92. The molecule has 1 aliphatic carbocycles. The van der Waals surface area contributed by atoms with Crippen LogP contribution in [0.1, 0.15) is 27.2 Å². The molecule has 2 unspecified atom stereocenters. The lowest BCUT2D eigenvalue weighted by atomic mass is 10.0. The van der Waals surface area contributed by atoms with Gasteiger partial charge in [-0.2, -0.15) is 0 Å². The van der Waals surface area contributed by atoms with Gasteiger partial charge >= 0.3 is 0 Å². The molecule has 0 aromatic carbocycles. The van der Waals surface area contributed by atoms with E-state index in [1.165, 1.54) is 6.42 Å². The van der Waals surface area contributed by atoms with Gasteiger partial charge < -0.3 is 10.2 Å². The molecular weight excluding hydrogens is 176 g/mol. The van der Waals surface area contributed by atoms with Gasteiger partial charge in [-0.3, -0.25) is 4.79 Å². The van der Waals surface area contributed by atoms with E-state index in [0.717, 1.165) is 18.4 Å². The molecule has 14 heavy (non-hydrogen) atoms. The summed E-state index contributed by atoms with van der Waals surface area (Å²) in [5.74, 6) is 1.72. The van der Waals surface area contributed by atoms with E-state index in [1.54, 1.807) is 0 Å². The largest absolute Gasteiger partial charge is 0.344 e. The lowest BCUT2D eigenvalue weighted by molar-refractivity contribution is -0.135. The lowest BCUT2D eigenvalue weighted by Crippen LogP contribution is -2.52. The van der Waals surface area contributed by atoms with E-state index in [-0.39, 0.29) is 5.91 Å². The van der Waals surface area contributed by atoms with E-state index in [0.29, 0.717) is 0 Å². The van der Waals surface area contributed by atoms with Gasteiger partial charge in [-0.1, -0.05) is 6.92 Å². The highest BCUT2D eigenvalue weighted by molar-refractivity contribution is 5.85. The fourth-order valence-electron chi connectivity index (χ4n) is 1.67. The average molecular weight is 198 g/mol. The molecule has 82 valence electrons. The molecule has 0 radical (unpaired) electrons. The molecule has 2 atom stereocenters. The van der Waals surface area contributed by atoms with Gasteiger partial charge in [0.1, 0.15) is 0 Å². The van der Waals surface area contributed by atoms with Gasteiger partial charge in [-0.05, 0) is 39.2 Å². The summed E-state index contributed by atoms with van der Waals surface area (Å²) in [7, 11) is 3.72. The van der Waals surface area contributed by atoms with Crippen LogP contribution in [0.3, 0.4) is 0 Å². The van der Waals surface area contributed by atoms with Crippen molar-refractivity contribution < 1.29 is 4.79 Å². The van der Waals surface area contributed by atoms with Crippen molar-refractivity contribution in [3.05, 3.63) is 0 Å². The molecule has 1 aliphatic rings. The summed E-state index contributed by atoms with van der Waals surface area (Å²) in [6.45, 7) is 6.99. The zero-order chi connectivity index (χ0) is 10.9. The Morgan fingerprint density at radius 2 is 2.07 bits per heavy atom. The van der Waals surface area contributed by atoms with Gasteiger partial charge in [0.05, 0.1) is 5.54 Å². The molecular formula is C11H22N2O.